The highest BCUT2D eigenvalue weighted by molar-refractivity contribution is 6.47. The molecule has 0 radical (unpaired) electrons. The highest BCUT2D eigenvalue weighted by Gasteiger charge is 2.53. The summed E-state index contributed by atoms with van der Waals surface area (Å²) < 4.78 is 12.0. The minimum atomic E-state index is -0.391. The molecule has 1 aromatic rings. The molecule has 3 nitrogen and oxygen atoms in total. The van der Waals surface area contributed by atoms with Crippen molar-refractivity contribution in [1.82, 2.24) is 0 Å². The van der Waals surface area contributed by atoms with Gasteiger partial charge < -0.3 is 15.0 Å². The fourth-order valence-electron chi connectivity index (χ4n) is 2.17. The molecule has 1 aromatic carbocycles. The molecule has 0 aromatic heterocycles. The quantitative estimate of drug-likeness (QED) is 0.851. The molecular weight excluding hydrogens is 237 g/mol. The summed E-state index contributed by atoms with van der Waals surface area (Å²) in [6, 6.07) is 8.35. The molecule has 1 fully saturated rings. The van der Waals surface area contributed by atoms with Gasteiger partial charge in [0.05, 0.1) is 17.1 Å². The zero-order valence-corrected chi connectivity index (χ0v) is 12.6. The Morgan fingerprint density at radius 3 is 1.95 bits per heavy atom. The molecule has 0 aliphatic carbocycles. The van der Waals surface area contributed by atoms with Crippen molar-refractivity contribution in [3.05, 3.63) is 35.4 Å². The Labute approximate surface area is 116 Å². The molecule has 1 heterocycles. The van der Waals surface area contributed by atoms with Crippen molar-refractivity contribution in [1.29, 1.82) is 0 Å². The molecule has 1 saturated heterocycles. The van der Waals surface area contributed by atoms with Crippen LogP contribution in [0.2, 0.25) is 0 Å². The van der Waals surface area contributed by atoms with E-state index in [1.54, 1.807) is 0 Å². The Bertz CT molecular complexity index is 426. The maximum absolute atomic E-state index is 6.28. The van der Waals surface area contributed by atoms with Gasteiger partial charge in [0, 0.05) is 0 Å². The van der Waals surface area contributed by atoms with E-state index in [4.69, 9.17) is 15.0 Å². The van der Waals surface area contributed by atoms with Crippen molar-refractivity contribution in [2.24, 2.45) is 5.73 Å². The lowest BCUT2D eigenvalue weighted by Crippen LogP contribution is -2.41. The number of hydrogen-bond acceptors (Lipinski definition) is 3. The van der Waals surface area contributed by atoms with Crippen LogP contribution in [0.25, 0.3) is 0 Å². The summed E-state index contributed by atoms with van der Waals surface area (Å²) in [6.07, 6.45) is 1.03. The van der Waals surface area contributed by atoms with Crippen LogP contribution in [-0.4, -0.2) is 18.3 Å². The van der Waals surface area contributed by atoms with Crippen LogP contribution >= 0.6 is 0 Å². The summed E-state index contributed by atoms with van der Waals surface area (Å²) in [5, 5.41) is 0. The number of aryl methyl sites for hydroxylation is 1. The lowest BCUT2D eigenvalue weighted by atomic mass is 9.75. The second-order valence-electron chi connectivity index (χ2n) is 6.25. The van der Waals surface area contributed by atoms with E-state index >= 15 is 0 Å². The molecule has 4 heteroatoms. The summed E-state index contributed by atoms with van der Waals surface area (Å²) in [5.41, 5.74) is 7.98. The highest BCUT2D eigenvalue weighted by atomic mass is 16.7. The average molecular weight is 261 g/mol. The molecule has 1 aliphatic heterocycles. The summed E-state index contributed by atoms with van der Waals surface area (Å²) in [5.74, 6) is -0.257. The van der Waals surface area contributed by atoms with E-state index in [1.165, 1.54) is 5.56 Å². The van der Waals surface area contributed by atoms with E-state index in [0.717, 1.165) is 12.0 Å². The topological polar surface area (TPSA) is 44.5 Å². The fraction of sp³-hybridized carbons (Fsp3) is 0.600. The molecule has 0 spiro atoms. The predicted octanol–water partition coefficient (Wildman–Crippen LogP) is 2.88. The van der Waals surface area contributed by atoms with Crippen LogP contribution in [0.5, 0.6) is 0 Å². The van der Waals surface area contributed by atoms with E-state index in [2.05, 4.69) is 31.2 Å². The smallest absolute Gasteiger partial charge is 0.402 e. The molecule has 2 N–H and O–H groups in total. The van der Waals surface area contributed by atoms with E-state index in [9.17, 15) is 0 Å². The third kappa shape index (κ3) is 2.71. The summed E-state index contributed by atoms with van der Waals surface area (Å²) in [6.45, 7) is 10.3. The van der Waals surface area contributed by atoms with Gasteiger partial charge in [-0.1, -0.05) is 31.2 Å². The van der Waals surface area contributed by atoms with Crippen LogP contribution in [0.1, 0.15) is 51.7 Å². The molecule has 19 heavy (non-hydrogen) atoms. The van der Waals surface area contributed by atoms with E-state index < -0.39 is 7.12 Å². The number of nitrogens with two attached hydrogens (primary N) is 1. The molecule has 2 rings (SSSR count). The largest absolute Gasteiger partial charge is 0.480 e. The van der Waals surface area contributed by atoms with Crippen LogP contribution < -0.4 is 5.73 Å². The van der Waals surface area contributed by atoms with Crippen molar-refractivity contribution >= 4 is 7.12 Å². The van der Waals surface area contributed by atoms with Crippen LogP contribution in [0.15, 0.2) is 24.3 Å². The van der Waals surface area contributed by atoms with Crippen molar-refractivity contribution in [2.45, 2.75) is 58.2 Å². The molecular formula is C15H24BNO2. The zero-order chi connectivity index (χ0) is 14.3. The van der Waals surface area contributed by atoms with Gasteiger partial charge in [-0.15, -0.1) is 0 Å². The molecule has 1 aliphatic rings. The first-order valence-electron chi connectivity index (χ1n) is 6.97. The van der Waals surface area contributed by atoms with Gasteiger partial charge in [-0.25, -0.2) is 0 Å². The standard InChI is InChI=1S/C15H24BNO2/c1-6-11-7-9-12(10-8-11)13(17)16-18-14(2,3)15(4,5)19-16/h7-10,13H,6,17H2,1-5H3/t13-/m0/s1. The zero-order valence-electron chi connectivity index (χ0n) is 12.6. The van der Waals surface area contributed by atoms with E-state index in [-0.39, 0.29) is 17.1 Å². The maximum atomic E-state index is 6.28. The SMILES string of the molecule is CCc1ccc([C@H](N)B2OC(C)(C)C(C)(C)O2)cc1. The normalized spacial score (nSPS) is 22.5. The Morgan fingerprint density at radius 1 is 1.05 bits per heavy atom. The second kappa shape index (κ2) is 4.93. The Hall–Kier alpha value is -0.835. The van der Waals surface area contributed by atoms with Crippen molar-refractivity contribution in [3.8, 4) is 0 Å². The monoisotopic (exact) mass is 261 g/mol. The number of benzene rings is 1. The third-order valence-corrected chi connectivity index (χ3v) is 4.34. The minimum Gasteiger partial charge on any atom is -0.402 e. The second-order valence-corrected chi connectivity index (χ2v) is 6.25. The molecule has 0 unspecified atom stereocenters. The maximum Gasteiger partial charge on any atom is 0.480 e. The Morgan fingerprint density at radius 2 is 1.53 bits per heavy atom. The Balaban J connectivity index is 2.14. The first-order chi connectivity index (χ1) is 8.77. The molecule has 0 saturated carbocycles. The van der Waals surface area contributed by atoms with Crippen molar-refractivity contribution in [3.63, 3.8) is 0 Å². The van der Waals surface area contributed by atoms with Crippen molar-refractivity contribution in [2.75, 3.05) is 0 Å². The molecule has 1 atom stereocenters. The van der Waals surface area contributed by atoms with Crippen LogP contribution in [0.4, 0.5) is 0 Å². The van der Waals surface area contributed by atoms with Gasteiger partial charge in [-0.3, -0.25) is 0 Å². The lowest BCUT2D eigenvalue weighted by molar-refractivity contribution is 0.00578. The first-order valence-corrected chi connectivity index (χ1v) is 6.97. The summed E-state index contributed by atoms with van der Waals surface area (Å²) >= 11 is 0. The van der Waals surface area contributed by atoms with Gasteiger partial charge in [0.2, 0.25) is 0 Å². The van der Waals surface area contributed by atoms with E-state index in [0.29, 0.717) is 0 Å². The summed E-state index contributed by atoms with van der Waals surface area (Å²) in [7, 11) is -0.391. The van der Waals surface area contributed by atoms with Gasteiger partial charge in [0.25, 0.3) is 0 Å². The van der Waals surface area contributed by atoms with Crippen molar-refractivity contribution < 1.29 is 9.31 Å². The third-order valence-electron chi connectivity index (χ3n) is 4.34. The van der Waals surface area contributed by atoms with Crippen LogP contribution in [0.3, 0.4) is 0 Å². The fourth-order valence-corrected chi connectivity index (χ4v) is 2.17. The molecule has 0 bridgehead atoms. The van der Waals surface area contributed by atoms with Gasteiger partial charge >= 0.3 is 7.12 Å². The number of hydrogen-bond donors (Lipinski definition) is 1. The first kappa shape index (κ1) is 14.6. The molecule has 0 amide bonds. The lowest BCUT2D eigenvalue weighted by Gasteiger charge is -2.32. The average Bonchev–Trinajstić information content (AvgIpc) is 2.58. The number of rotatable bonds is 3. The van der Waals surface area contributed by atoms with E-state index in [1.807, 2.05) is 27.7 Å². The van der Waals surface area contributed by atoms with Gasteiger partial charge in [-0.2, -0.15) is 0 Å². The van der Waals surface area contributed by atoms with Gasteiger partial charge in [0.15, 0.2) is 0 Å². The van der Waals surface area contributed by atoms with Crippen LogP contribution in [-0.2, 0) is 15.7 Å². The van der Waals surface area contributed by atoms with Crippen LogP contribution in [0, 0.1) is 0 Å². The highest BCUT2D eigenvalue weighted by Crippen LogP contribution is 2.39. The molecule has 104 valence electrons. The van der Waals surface area contributed by atoms with Gasteiger partial charge in [-0.05, 0) is 45.2 Å². The minimum absolute atomic E-state index is 0.257. The predicted molar refractivity (Wildman–Crippen MR) is 78.8 cm³/mol. The Kier molecular flexibility index (Phi) is 3.78. The van der Waals surface area contributed by atoms with Gasteiger partial charge in [0.1, 0.15) is 0 Å². The summed E-state index contributed by atoms with van der Waals surface area (Å²) in [4.78, 5) is 0.